The maximum absolute atomic E-state index is 5.60. The van der Waals surface area contributed by atoms with Crippen LogP contribution in [0.3, 0.4) is 0 Å². The second kappa shape index (κ2) is 3.70. The van der Waals surface area contributed by atoms with Crippen LogP contribution in [0, 0.1) is 13.8 Å². The number of nitrogens with one attached hydrogen (secondary N) is 1. The van der Waals surface area contributed by atoms with Gasteiger partial charge in [0, 0.05) is 5.56 Å². The van der Waals surface area contributed by atoms with Crippen LogP contribution in [0.15, 0.2) is 22.8 Å². The van der Waals surface area contributed by atoms with Crippen LogP contribution in [0.2, 0.25) is 0 Å². The summed E-state index contributed by atoms with van der Waals surface area (Å²) >= 11 is 3.41. The van der Waals surface area contributed by atoms with Gasteiger partial charge in [-0.1, -0.05) is 23.8 Å². The molecule has 0 aliphatic heterocycles. The van der Waals surface area contributed by atoms with E-state index in [-0.39, 0.29) is 0 Å². The molecule has 0 amide bonds. The van der Waals surface area contributed by atoms with Gasteiger partial charge < -0.3 is 10.7 Å². The second-order valence-electron chi connectivity index (χ2n) is 3.60. The Morgan fingerprint density at radius 2 is 2.07 bits per heavy atom. The number of halogens is 1. The maximum atomic E-state index is 5.60. The highest BCUT2D eigenvalue weighted by molar-refractivity contribution is 9.10. The molecule has 1 heterocycles. The fraction of sp³-hybridized carbons (Fsp3) is 0.182. The van der Waals surface area contributed by atoms with Crippen LogP contribution in [0.5, 0.6) is 0 Å². The molecule has 0 aliphatic rings. The average Bonchev–Trinajstić information content (AvgIpc) is 2.45. The molecule has 0 unspecified atom stereocenters. The highest BCUT2D eigenvalue weighted by atomic mass is 79.9. The Labute approximate surface area is 96.9 Å². The first-order valence-corrected chi connectivity index (χ1v) is 5.46. The van der Waals surface area contributed by atoms with Gasteiger partial charge in [-0.3, -0.25) is 0 Å². The Kier molecular flexibility index (Phi) is 2.52. The van der Waals surface area contributed by atoms with E-state index in [1.807, 2.05) is 0 Å². The van der Waals surface area contributed by atoms with Crippen molar-refractivity contribution in [2.45, 2.75) is 13.8 Å². The molecule has 0 saturated heterocycles. The molecule has 0 spiro atoms. The highest BCUT2D eigenvalue weighted by Crippen LogP contribution is 2.29. The number of aromatic nitrogens is 2. The molecule has 0 aliphatic carbocycles. The lowest BCUT2D eigenvalue weighted by Crippen LogP contribution is -1.87. The third-order valence-corrected chi connectivity index (χ3v) is 2.89. The van der Waals surface area contributed by atoms with Crippen molar-refractivity contribution in [1.29, 1.82) is 0 Å². The number of imidazole rings is 1. The van der Waals surface area contributed by atoms with Crippen molar-refractivity contribution in [1.82, 2.24) is 9.97 Å². The van der Waals surface area contributed by atoms with Crippen molar-refractivity contribution in [2.24, 2.45) is 0 Å². The molecule has 78 valence electrons. The van der Waals surface area contributed by atoms with Crippen molar-refractivity contribution in [2.75, 3.05) is 5.73 Å². The Balaban J connectivity index is 2.59. The Morgan fingerprint density at radius 1 is 1.33 bits per heavy atom. The van der Waals surface area contributed by atoms with Gasteiger partial charge in [0.05, 0.1) is 0 Å². The van der Waals surface area contributed by atoms with Crippen LogP contribution in [-0.2, 0) is 0 Å². The number of nitrogen functional groups attached to an aromatic ring is 1. The van der Waals surface area contributed by atoms with Gasteiger partial charge in [-0.25, -0.2) is 4.98 Å². The van der Waals surface area contributed by atoms with E-state index in [4.69, 9.17) is 5.73 Å². The lowest BCUT2D eigenvalue weighted by Gasteiger charge is -2.04. The Bertz CT molecular complexity index is 503. The van der Waals surface area contributed by atoms with E-state index >= 15 is 0 Å². The Morgan fingerprint density at radius 3 is 2.60 bits per heavy atom. The number of hydrogen-bond acceptors (Lipinski definition) is 2. The van der Waals surface area contributed by atoms with Crippen LogP contribution < -0.4 is 5.73 Å². The molecule has 15 heavy (non-hydrogen) atoms. The van der Waals surface area contributed by atoms with E-state index in [9.17, 15) is 0 Å². The third-order valence-electron chi connectivity index (χ3n) is 2.32. The van der Waals surface area contributed by atoms with Crippen LogP contribution in [0.4, 0.5) is 5.95 Å². The number of nitrogens with zero attached hydrogens (tertiary/aromatic N) is 1. The maximum Gasteiger partial charge on any atom is 0.198 e. The van der Waals surface area contributed by atoms with Crippen molar-refractivity contribution < 1.29 is 0 Å². The SMILES string of the molecule is Cc1ccc(-c2nc(N)[nH]c2Br)c(C)c1. The molecule has 0 fully saturated rings. The summed E-state index contributed by atoms with van der Waals surface area (Å²) < 4.78 is 0.826. The monoisotopic (exact) mass is 265 g/mol. The first kappa shape index (κ1) is 10.2. The summed E-state index contributed by atoms with van der Waals surface area (Å²) in [5.41, 5.74) is 10.0. The summed E-state index contributed by atoms with van der Waals surface area (Å²) in [7, 11) is 0. The second-order valence-corrected chi connectivity index (χ2v) is 4.40. The van der Waals surface area contributed by atoms with Gasteiger partial charge in [-0.2, -0.15) is 0 Å². The van der Waals surface area contributed by atoms with Crippen molar-refractivity contribution in [3.63, 3.8) is 0 Å². The lowest BCUT2D eigenvalue weighted by atomic mass is 10.0. The van der Waals surface area contributed by atoms with E-state index in [0.717, 1.165) is 15.9 Å². The molecule has 1 aromatic carbocycles. The van der Waals surface area contributed by atoms with Gasteiger partial charge in [0.25, 0.3) is 0 Å². The number of aryl methyl sites for hydroxylation is 2. The highest BCUT2D eigenvalue weighted by Gasteiger charge is 2.10. The van der Waals surface area contributed by atoms with E-state index in [1.165, 1.54) is 11.1 Å². The minimum absolute atomic E-state index is 0.428. The number of rotatable bonds is 1. The molecule has 2 aromatic rings. The molecular weight excluding hydrogens is 254 g/mol. The number of benzene rings is 1. The number of H-pyrrole nitrogens is 1. The average molecular weight is 266 g/mol. The minimum Gasteiger partial charge on any atom is -0.369 e. The van der Waals surface area contributed by atoms with Crippen molar-refractivity contribution >= 4 is 21.9 Å². The van der Waals surface area contributed by atoms with Gasteiger partial charge in [0.1, 0.15) is 10.3 Å². The smallest absolute Gasteiger partial charge is 0.198 e. The molecule has 0 bridgehead atoms. The number of anilines is 1. The van der Waals surface area contributed by atoms with Crippen molar-refractivity contribution in [3.05, 3.63) is 33.9 Å². The zero-order valence-corrected chi connectivity index (χ0v) is 10.2. The van der Waals surface area contributed by atoms with Crippen LogP contribution in [0.1, 0.15) is 11.1 Å². The third kappa shape index (κ3) is 1.90. The molecule has 2 rings (SSSR count). The van der Waals surface area contributed by atoms with Gasteiger partial charge in [-0.15, -0.1) is 0 Å². The van der Waals surface area contributed by atoms with Crippen LogP contribution in [-0.4, -0.2) is 9.97 Å². The minimum atomic E-state index is 0.428. The largest absolute Gasteiger partial charge is 0.369 e. The van der Waals surface area contributed by atoms with E-state index in [1.54, 1.807) is 0 Å². The number of nitrogens with two attached hydrogens (primary N) is 1. The first-order valence-electron chi connectivity index (χ1n) is 4.66. The molecule has 1 aromatic heterocycles. The zero-order valence-electron chi connectivity index (χ0n) is 8.63. The molecule has 4 heteroatoms. The quantitative estimate of drug-likeness (QED) is 0.833. The topological polar surface area (TPSA) is 54.7 Å². The van der Waals surface area contributed by atoms with Crippen LogP contribution >= 0.6 is 15.9 Å². The summed E-state index contributed by atoms with van der Waals surface area (Å²) in [6.45, 7) is 4.14. The Hall–Kier alpha value is -1.29. The first-order chi connectivity index (χ1) is 7.08. The zero-order chi connectivity index (χ0) is 11.0. The standard InChI is InChI=1S/C11H12BrN3/c1-6-3-4-8(7(2)5-6)9-10(12)15-11(13)14-9/h3-5H,1-2H3,(H3,13,14,15). The van der Waals surface area contributed by atoms with E-state index < -0.39 is 0 Å². The summed E-state index contributed by atoms with van der Waals surface area (Å²) in [6, 6.07) is 6.26. The van der Waals surface area contributed by atoms with Gasteiger partial charge in [0.2, 0.25) is 0 Å². The molecular formula is C11H12BrN3. The molecule has 0 radical (unpaired) electrons. The normalized spacial score (nSPS) is 10.6. The predicted octanol–water partition coefficient (Wildman–Crippen LogP) is 3.04. The van der Waals surface area contributed by atoms with E-state index in [0.29, 0.717) is 5.95 Å². The molecule has 3 N–H and O–H groups in total. The summed E-state index contributed by atoms with van der Waals surface area (Å²) in [6.07, 6.45) is 0. The molecule has 0 atom stereocenters. The van der Waals surface area contributed by atoms with Crippen molar-refractivity contribution in [3.8, 4) is 11.3 Å². The summed E-state index contributed by atoms with van der Waals surface area (Å²) in [5, 5.41) is 0. The summed E-state index contributed by atoms with van der Waals surface area (Å²) in [5.74, 6) is 0.428. The summed E-state index contributed by atoms with van der Waals surface area (Å²) in [4.78, 5) is 7.18. The predicted molar refractivity (Wildman–Crippen MR) is 65.6 cm³/mol. The van der Waals surface area contributed by atoms with Gasteiger partial charge in [-0.05, 0) is 35.3 Å². The molecule has 3 nitrogen and oxygen atoms in total. The van der Waals surface area contributed by atoms with Crippen LogP contribution in [0.25, 0.3) is 11.3 Å². The fourth-order valence-electron chi connectivity index (χ4n) is 1.63. The van der Waals surface area contributed by atoms with E-state index in [2.05, 4.69) is 57.9 Å². The number of aromatic amines is 1. The fourth-order valence-corrected chi connectivity index (χ4v) is 2.13. The molecule has 0 saturated carbocycles. The van der Waals surface area contributed by atoms with Gasteiger partial charge in [0.15, 0.2) is 5.95 Å². The number of hydrogen-bond donors (Lipinski definition) is 2. The lowest BCUT2D eigenvalue weighted by molar-refractivity contribution is 1.31. The van der Waals surface area contributed by atoms with Gasteiger partial charge >= 0.3 is 0 Å².